The van der Waals surface area contributed by atoms with Crippen LogP contribution in [-0.2, 0) is 6.54 Å². The first-order valence-corrected chi connectivity index (χ1v) is 6.29. The van der Waals surface area contributed by atoms with Crippen LogP contribution in [0.2, 0.25) is 0 Å². The summed E-state index contributed by atoms with van der Waals surface area (Å²) in [6.07, 6.45) is 1.84. The van der Waals surface area contributed by atoms with Gasteiger partial charge in [-0.05, 0) is 12.0 Å². The van der Waals surface area contributed by atoms with Gasteiger partial charge in [-0.3, -0.25) is 0 Å². The van der Waals surface area contributed by atoms with Gasteiger partial charge < -0.3 is 14.8 Å². The fourth-order valence-electron chi connectivity index (χ4n) is 1.58. The monoisotopic (exact) mass is 249 g/mol. The molecule has 0 aliphatic carbocycles. The van der Waals surface area contributed by atoms with E-state index in [2.05, 4.69) is 25.7 Å². The van der Waals surface area contributed by atoms with Crippen LogP contribution in [-0.4, -0.2) is 20.3 Å². The van der Waals surface area contributed by atoms with Crippen molar-refractivity contribution in [3.63, 3.8) is 0 Å². The van der Waals surface area contributed by atoms with Gasteiger partial charge in [0.15, 0.2) is 11.5 Å². The molecule has 3 heteroatoms. The maximum Gasteiger partial charge on any atom is 0.165 e. The molecule has 0 heterocycles. The van der Waals surface area contributed by atoms with Gasteiger partial charge in [0.1, 0.15) is 0 Å². The lowest BCUT2D eigenvalue weighted by Gasteiger charge is -2.16. The van der Waals surface area contributed by atoms with Crippen LogP contribution in [0.25, 0.3) is 0 Å². The lowest BCUT2D eigenvalue weighted by Crippen LogP contribution is -2.15. The van der Waals surface area contributed by atoms with Gasteiger partial charge in [0, 0.05) is 18.7 Å². The first-order chi connectivity index (χ1) is 8.69. The zero-order chi connectivity index (χ0) is 13.4. The van der Waals surface area contributed by atoms with Crippen LogP contribution >= 0.6 is 0 Å². The minimum absolute atomic E-state index is 0.490. The molecule has 0 saturated heterocycles. The Morgan fingerprint density at radius 1 is 1.39 bits per heavy atom. The lowest BCUT2D eigenvalue weighted by molar-refractivity contribution is 0.254. The first-order valence-electron chi connectivity index (χ1n) is 6.29. The summed E-state index contributed by atoms with van der Waals surface area (Å²) >= 11 is 0. The Hall–Kier alpha value is -1.48. The Kier molecular flexibility index (Phi) is 6.29. The van der Waals surface area contributed by atoms with Crippen molar-refractivity contribution in [3.05, 3.63) is 36.4 Å². The minimum atomic E-state index is 0.490. The number of nitrogens with one attached hydrogen (secondary N) is 1. The van der Waals surface area contributed by atoms with Gasteiger partial charge in [-0.1, -0.05) is 32.1 Å². The highest BCUT2D eigenvalue weighted by Crippen LogP contribution is 2.31. The molecule has 0 aliphatic rings. The summed E-state index contributed by atoms with van der Waals surface area (Å²) in [5, 5.41) is 3.28. The molecule has 0 saturated carbocycles. The lowest BCUT2D eigenvalue weighted by atomic mass is 10.1. The number of benzene rings is 1. The van der Waals surface area contributed by atoms with Crippen LogP contribution in [0.4, 0.5) is 0 Å². The van der Waals surface area contributed by atoms with Gasteiger partial charge in [-0.15, -0.1) is 6.58 Å². The molecule has 0 aliphatic heterocycles. The van der Waals surface area contributed by atoms with Crippen molar-refractivity contribution >= 4 is 0 Å². The van der Waals surface area contributed by atoms with Crippen LogP contribution in [0.5, 0.6) is 11.5 Å². The van der Waals surface area contributed by atoms with E-state index in [9.17, 15) is 0 Å². The molecule has 1 N–H and O–H groups in total. The van der Waals surface area contributed by atoms with E-state index in [4.69, 9.17) is 9.47 Å². The van der Waals surface area contributed by atoms with E-state index in [0.717, 1.165) is 30.2 Å². The number of methoxy groups -OCH3 is 1. The Morgan fingerprint density at radius 3 is 2.78 bits per heavy atom. The van der Waals surface area contributed by atoms with Crippen LogP contribution in [0, 0.1) is 5.92 Å². The average molecular weight is 249 g/mol. The molecule has 100 valence electrons. The zero-order valence-electron chi connectivity index (χ0n) is 11.5. The standard InChI is InChI=1S/C15H23NO2/c1-5-9-16-10-13-7-6-8-14(17-4)15(13)18-11-12(2)3/h5-8,12,16H,1,9-11H2,2-4H3. The molecule has 3 nitrogen and oxygen atoms in total. The van der Waals surface area contributed by atoms with Crippen LogP contribution in [0.15, 0.2) is 30.9 Å². The van der Waals surface area contributed by atoms with Crippen molar-refractivity contribution in [2.24, 2.45) is 5.92 Å². The fraction of sp³-hybridized carbons (Fsp3) is 0.467. The summed E-state index contributed by atoms with van der Waals surface area (Å²) in [4.78, 5) is 0. The van der Waals surface area contributed by atoms with Crippen LogP contribution < -0.4 is 14.8 Å². The number of para-hydroxylation sites is 1. The molecular formula is C15H23NO2. The van der Waals surface area contributed by atoms with Crippen molar-refractivity contribution in [3.8, 4) is 11.5 Å². The highest BCUT2D eigenvalue weighted by Gasteiger charge is 2.10. The number of ether oxygens (including phenoxy) is 2. The van der Waals surface area contributed by atoms with Gasteiger partial charge in [0.2, 0.25) is 0 Å². The third kappa shape index (κ3) is 4.41. The van der Waals surface area contributed by atoms with E-state index < -0.39 is 0 Å². The summed E-state index contributed by atoms with van der Waals surface area (Å²) in [5.41, 5.74) is 1.11. The predicted molar refractivity (Wildman–Crippen MR) is 75.2 cm³/mol. The molecule has 0 fully saturated rings. The molecule has 0 aromatic heterocycles. The van der Waals surface area contributed by atoms with E-state index in [1.54, 1.807) is 7.11 Å². The first kappa shape index (κ1) is 14.6. The van der Waals surface area contributed by atoms with Gasteiger partial charge in [0.25, 0.3) is 0 Å². The molecular weight excluding hydrogens is 226 g/mol. The van der Waals surface area contributed by atoms with Crippen molar-refractivity contribution in [2.75, 3.05) is 20.3 Å². The number of hydrogen-bond acceptors (Lipinski definition) is 3. The van der Waals surface area contributed by atoms with Crippen molar-refractivity contribution in [1.82, 2.24) is 5.32 Å². The normalized spacial score (nSPS) is 10.4. The van der Waals surface area contributed by atoms with Crippen molar-refractivity contribution < 1.29 is 9.47 Å². The van der Waals surface area contributed by atoms with E-state index in [0.29, 0.717) is 12.5 Å². The fourth-order valence-corrected chi connectivity index (χ4v) is 1.58. The third-order valence-electron chi connectivity index (χ3n) is 2.45. The molecule has 1 aromatic rings. The highest BCUT2D eigenvalue weighted by molar-refractivity contribution is 5.46. The molecule has 0 bridgehead atoms. The van der Waals surface area contributed by atoms with E-state index >= 15 is 0 Å². The van der Waals surface area contributed by atoms with Crippen molar-refractivity contribution in [2.45, 2.75) is 20.4 Å². The molecule has 18 heavy (non-hydrogen) atoms. The smallest absolute Gasteiger partial charge is 0.165 e. The average Bonchev–Trinajstić information content (AvgIpc) is 2.37. The second-order valence-corrected chi connectivity index (χ2v) is 4.57. The topological polar surface area (TPSA) is 30.5 Å². The Bertz CT molecular complexity index is 375. The molecule has 1 aromatic carbocycles. The van der Waals surface area contributed by atoms with Gasteiger partial charge in [-0.25, -0.2) is 0 Å². The van der Waals surface area contributed by atoms with E-state index in [-0.39, 0.29) is 0 Å². The number of hydrogen-bond donors (Lipinski definition) is 1. The Morgan fingerprint density at radius 2 is 2.17 bits per heavy atom. The Labute approximate surface area is 110 Å². The second kappa shape index (κ2) is 7.77. The summed E-state index contributed by atoms with van der Waals surface area (Å²) in [6.45, 7) is 10.2. The van der Waals surface area contributed by atoms with Gasteiger partial charge in [-0.2, -0.15) is 0 Å². The number of rotatable bonds is 8. The molecule has 0 atom stereocenters. The van der Waals surface area contributed by atoms with Gasteiger partial charge in [0.05, 0.1) is 13.7 Å². The Balaban J connectivity index is 2.82. The maximum atomic E-state index is 5.86. The zero-order valence-corrected chi connectivity index (χ0v) is 11.5. The van der Waals surface area contributed by atoms with Crippen LogP contribution in [0.1, 0.15) is 19.4 Å². The second-order valence-electron chi connectivity index (χ2n) is 4.57. The molecule has 0 radical (unpaired) electrons. The summed E-state index contributed by atoms with van der Waals surface area (Å²) in [6, 6.07) is 5.95. The molecule has 1 rings (SSSR count). The highest BCUT2D eigenvalue weighted by atomic mass is 16.5. The van der Waals surface area contributed by atoms with Crippen LogP contribution in [0.3, 0.4) is 0 Å². The maximum absolute atomic E-state index is 5.86. The minimum Gasteiger partial charge on any atom is -0.493 e. The van der Waals surface area contributed by atoms with Gasteiger partial charge >= 0.3 is 0 Å². The summed E-state index contributed by atoms with van der Waals surface area (Å²) in [5.74, 6) is 2.11. The summed E-state index contributed by atoms with van der Waals surface area (Å²) < 4.78 is 11.2. The van der Waals surface area contributed by atoms with E-state index in [1.165, 1.54) is 0 Å². The largest absolute Gasteiger partial charge is 0.493 e. The predicted octanol–water partition coefficient (Wildman–Crippen LogP) is 3.01. The summed E-state index contributed by atoms with van der Waals surface area (Å²) in [7, 11) is 1.67. The van der Waals surface area contributed by atoms with Crippen molar-refractivity contribution in [1.29, 1.82) is 0 Å². The molecule has 0 unspecified atom stereocenters. The third-order valence-corrected chi connectivity index (χ3v) is 2.45. The molecule has 0 spiro atoms. The quantitative estimate of drug-likeness (QED) is 0.567. The SMILES string of the molecule is C=CCNCc1cccc(OC)c1OCC(C)C. The molecule has 0 amide bonds. The van der Waals surface area contributed by atoms with E-state index in [1.807, 2.05) is 24.3 Å².